The second-order valence-electron chi connectivity index (χ2n) is 5.81. The minimum Gasteiger partial charge on any atom is -0.366 e. The summed E-state index contributed by atoms with van der Waals surface area (Å²) in [6.07, 6.45) is 1.56. The number of piperazine rings is 1. The lowest BCUT2D eigenvalue weighted by Crippen LogP contribution is -2.47. The van der Waals surface area contributed by atoms with Crippen LogP contribution in [-0.2, 0) is 0 Å². The molecule has 1 saturated heterocycles. The fourth-order valence-corrected chi connectivity index (χ4v) is 3.72. The van der Waals surface area contributed by atoms with Gasteiger partial charge in [0.15, 0.2) is 5.65 Å². The van der Waals surface area contributed by atoms with Crippen molar-refractivity contribution in [1.29, 1.82) is 0 Å². The molecule has 0 spiro atoms. The first-order chi connectivity index (χ1) is 12.5. The zero-order valence-corrected chi connectivity index (χ0v) is 14.9. The molecule has 2 aromatic heterocycles. The first kappa shape index (κ1) is 16.8. The molecule has 0 bridgehead atoms. The van der Waals surface area contributed by atoms with Gasteiger partial charge in [-0.25, -0.2) is 0 Å². The zero-order chi connectivity index (χ0) is 18.3. The Labute approximate surface area is 157 Å². The Kier molecular flexibility index (Phi) is 4.25. The molecule has 11 heteroatoms. The number of halogens is 2. The van der Waals surface area contributed by atoms with E-state index in [0.717, 1.165) is 5.82 Å². The lowest BCUT2D eigenvalue weighted by atomic mass is 10.2. The van der Waals surface area contributed by atoms with Crippen LogP contribution in [0.15, 0.2) is 30.6 Å². The topological polar surface area (TPSA) is 92.7 Å². The van der Waals surface area contributed by atoms with E-state index in [4.69, 9.17) is 23.2 Å². The van der Waals surface area contributed by atoms with Gasteiger partial charge < -0.3 is 9.80 Å². The van der Waals surface area contributed by atoms with Gasteiger partial charge in [-0.05, 0) is 12.1 Å². The van der Waals surface area contributed by atoms with Gasteiger partial charge in [0.05, 0.1) is 20.7 Å². The third-order valence-corrected chi connectivity index (χ3v) is 4.86. The highest BCUT2D eigenvalue weighted by Gasteiger charge is 2.24. The maximum atomic E-state index is 10.9. The second kappa shape index (κ2) is 6.58. The maximum Gasteiger partial charge on any atom is 0.272 e. The van der Waals surface area contributed by atoms with Crippen LogP contribution in [0.2, 0.25) is 10.0 Å². The van der Waals surface area contributed by atoms with Crippen molar-refractivity contribution in [2.24, 2.45) is 0 Å². The Bertz CT molecular complexity index is 962. The summed E-state index contributed by atoms with van der Waals surface area (Å²) in [5.41, 5.74) is 1.20. The highest BCUT2D eigenvalue weighted by molar-refractivity contribution is 6.39. The third kappa shape index (κ3) is 2.99. The fraction of sp³-hybridized carbons (Fsp3) is 0.267. The number of rotatable bonds is 3. The first-order valence-electron chi connectivity index (χ1n) is 7.83. The number of fused-ring (bicyclic) bond motifs is 1. The molecule has 1 fully saturated rings. The molecule has 0 N–H and O–H groups in total. The van der Waals surface area contributed by atoms with E-state index in [2.05, 4.69) is 20.2 Å². The van der Waals surface area contributed by atoms with Crippen molar-refractivity contribution in [3.8, 4) is 0 Å². The molecule has 0 aliphatic carbocycles. The quantitative estimate of drug-likeness (QED) is 0.498. The summed E-state index contributed by atoms with van der Waals surface area (Å²) in [5.74, 6) is 0.831. The molecule has 0 amide bonds. The van der Waals surface area contributed by atoms with Gasteiger partial charge in [0, 0.05) is 38.3 Å². The lowest BCUT2D eigenvalue weighted by molar-refractivity contribution is -0.384. The van der Waals surface area contributed by atoms with Gasteiger partial charge in [0.1, 0.15) is 12.1 Å². The van der Waals surface area contributed by atoms with Crippen LogP contribution in [0.1, 0.15) is 0 Å². The minimum absolute atomic E-state index is 0.117. The minimum atomic E-state index is -0.508. The highest BCUT2D eigenvalue weighted by atomic mass is 35.5. The predicted octanol–water partition coefficient (Wildman–Crippen LogP) is 2.67. The molecule has 0 atom stereocenters. The van der Waals surface area contributed by atoms with Crippen LogP contribution in [0.4, 0.5) is 17.2 Å². The number of nitro benzene ring substituents is 1. The number of benzene rings is 1. The van der Waals surface area contributed by atoms with Crippen LogP contribution < -0.4 is 9.80 Å². The van der Waals surface area contributed by atoms with Gasteiger partial charge in [0.25, 0.3) is 5.69 Å². The van der Waals surface area contributed by atoms with Gasteiger partial charge in [-0.1, -0.05) is 23.2 Å². The van der Waals surface area contributed by atoms with E-state index >= 15 is 0 Å². The van der Waals surface area contributed by atoms with Crippen LogP contribution in [0, 0.1) is 10.1 Å². The number of anilines is 2. The second-order valence-corrected chi connectivity index (χ2v) is 6.63. The molecule has 3 heterocycles. The summed E-state index contributed by atoms with van der Waals surface area (Å²) in [6, 6.07) is 6.44. The Morgan fingerprint density at radius 2 is 1.69 bits per heavy atom. The molecule has 1 aliphatic heterocycles. The number of non-ortho nitro benzene ring substituents is 1. The first-order valence-corrected chi connectivity index (χ1v) is 8.59. The van der Waals surface area contributed by atoms with Gasteiger partial charge in [0.2, 0.25) is 0 Å². The standard InChI is InChI=1S/C15H13Cl2N7O2/c16-11-7-10(24(25)26)8-12(17)15(11)22-5-3-21(4-6-22)14-2-1-13-19-18-9-23(13)20-14/h1-2,7-9H,3-6H2. The Balaban J connectivity index is 1.52. The number of nitro groups is 1. The molecular weight excluding hydrogens is 381 g/mol. The summed E-state index contributed by atoms with van der Waals surface area (Å²) in [6.45, 7) is 2.76. The number of hydrogen-bond donors (Lipinski definition) is 0. The summed E-state index contributed by atoms with van der Waals surface area (Å²) in [4.78, 5) is 14.6. The van der Waals surface area contributed by atoms with E-state index in [-0.39, 0.29) is 15.7 Å². The molecule has 3 aromatic rings. The van der Waals surface area contributed by atoms with Crippen molar-refractivity contribution in [2.75, 3.05) is 36.0 Å². The molecule has 26 heavy (non-hydrogen) atoms. The summed E-state index contributed by atoms with van der Waals surface area (Å²) < 4.78 is 1.63. The largest absolute Gasteiger partial charge is 0.366 e. The van der Waals surface area contributed by atoms with E-state index in [1.54, 1.807) is 10.8 Å². The van der Waals surface area contributed by atoms with Gasteiger partial charge in [-0.2, -0.15) is 4.52 Å². The lowest BCUT2D eigenvalue weighted by Gasteiger charge is -2.37. The molecule has 1 aromatic carbocycles. The van der Waals surface area contributed by atoms with Crippen molar-refractivity contribution < 1.29 is 4.92 Å². The van der Waals surface area contributed by atoms with Crippen LogP contribution in [0.25, 0.3) is 5.65 Å². The van der Waals surface area contributed by atoms with E-state index < -0.39 is 4.92 Å². The van der Waals surface area contributed by atoms with E-state index in [1.807, 2.05) is 17.0 Å². The van der Waals surface area contributed by atoms with Crippen LogP contribution >= 0.6 is 23.2 Å². The normalized spacial score (nSPS) is 14.8. The molecule has 0 unspecified atom stereocenters. The zero-order valence-electron chi connectivity index (χ0n) is 13.4. The van der Waals surface area contributed by atoms with Gasteiger partial charge in [-0.3, -0.25) is 10.1 Å². The number of aromatic nitrogens is 4. The highest BCUT2D eigenvalue weighted by Crippen LogP contribution is 2.38. The Morgan fingerprint density at radius 1 is 1.04 bits per heavy atom. The predicted molar refractivity (Wildman–Crippen MR) is 98.3 cm³/mol. The van der Waals surface area contributed by atoms with Crippen molar-refractivity contribution in [3.63, 3.8) is 0 Å². The summed E-state index contributed by atoms with van der Waals surface area (Å²) in [7, 11) is 0. The average Bonchev–Trinajstić information content (AvgIpc) is 3.09. The Morgan fingerprint density at radius 3 is 2.35 bits per heavy atom. The monoisotopic (exact) mass is 393 g/mol. The van der Waals surface area contributed by atoms with Gasteiger partial charge in [-0.15, -0.1) is 15.3 Å². The number of nitrogens with zero attached hydrogens (tertiary/aromatic N) is 7. The summed E-state index contributed by atoms with van der Waals surface area (Å²) in [5, 5.41) is 23.7. The maximum absolute atomic E-state index is 10.9. The molecule has 0 radical (unpaired) electrons. The SMILES string of the molecule is O=[N+]([O-])c1cc(Cl)c(N2CCN(c3ccc4nncn4n3)CC2)c(Cl)c1. The molecule has 134 valence electrons. The molecular formula is C15H13Cl2N7O2. The summed E-state index contributed by atoms with van der Waals surface area (Å²) >= 11 is 12.5. The van der Waals surface area contributed by atoms with E-state index in [9.17, 15) is 10.1 Å². The van der Waals surface area contributed by atoms with E-state index in [0.29, 0.717) is 37.5 Å². The molecule has 9 nitrogen and oxygen atoms in total. The average molecular weight is 394 g/mol. The molecule has 0 saturated carbocycles. The number of hydrogen-bond acceptors (Lipinski definition) is 7. The van der Waals surface area contributed by atoms with Crippen molar-refractivity contribution in [1.82, 2.24) is 19.8 Å². The van der Waals surface area contributed by atoms with E-state index in [1.165, 1.54) is 12.1 Å². The third-order valence-electron chi connectivity index (χ3n) is 4.28. The van der Waals surface area contributed by atoms with Crippen LogP contribution in [-0.4, -0.2) is 50.9 Å². The van der Waals surface area contributed by atoms with Crippen molar-refractivity contribution in [3.05, 3.63) is 50.8 Å². The molecule has 1 aliphatic rings. The fourth-order valence-electron chi connectivity index (χ4n) is 3.01. The smallest absolute Gasteiger partial charge is 0.272 e. The van der Waals surface area contributed by atoms with Crippen LogP contribution in [0.3, 0.4) is 0 Å². The Hall–Kier alpha value is -2.65. The van der Waals surface area contributed by atoms with Crippen molar-refractivity contribution >= 4 is 46.0 Å². The van der Waals surface area contributed by atoms with Crippen LogP contribution in [0.5, 0.6) is 0 Å². The van der Waals surface area contributed by atoms with Gasteiger partial charge >= 0.3 is 0 Å². The molecule has 4 rings (SSSR count). The van der Waals surface area contributed by atoms with Crippen molar-refractivity contribution in [2.45, 2.75) is 0 Å².